The number of likely N-dealkylation sites (N-methyl/N-ethyl adjacent to an activating group) is 1. The highest BCUT2D eigenvalue weighted by Crippen LogP contribution is 2.43. The molecule has 0 aromatic heterocycles. The number of aromatic hydroxyl groups is 1. The molecule has 2 aromatic carbocycles. The number of unbranched alkanes of at least 4 members (excludes halogenated alkanes) is 2. The molecule has 0 spiro atoms. The zero-order valence-corrected chi connectivity index (χ0v) is 27.3. The van der Waals surface area contributed by atoms with Crippen LogP contribution < -0.4 is 36.5 Å². The number of methoxy groups -OCH3 is 1. The molecule has 42 heavy (non-hydrogen) atoms. The van der Waals surface area contributed by atoms with Gasteiger partial charge in [-0.1, -0.05) is 25.1 Å². The van der Waals surface area contributed by atoms with Crippen LogP contribution in [0.4, 0.5) is 0 Å². The minimum Gasteiger partial charge on any atom is -1.00 e. The average Bonchev–Trinajstić information content (AvgIpc) is 2.92. The van der Waals surface area contributed by atoms with Gasteiger partial charge in [-0.2, -0.15) is 0 Å². The van der Waals surface area contributed by atoms with Gasteiger partial charge in [0.1, 0.15) is 34.2 Å². The molecule has 1 heterocycles. The van der Waals surface area contributed by atoms with E-state index in [9.17, 15) is 14.7 Å². The number of carbonyl (C=O) groups is 2. The number of ketones is 1. The number of nitrogens with one attached hydrogen (secondary N) is 1. The van der Waals surface area contributed by atoms with Crippen molar-refractivity contribution in [2.45, 2.75) is 52.1 Å². The Balaban J connectivity index is 0.00000616. The van der Waals surface area contributed by atoms with E-state index in [1.165, 1.54) is 13.2 Å². The molecule has 8 nitrogen and oxygen atoms in total. The van der Waals surface area contributed by atoms with Crippen molar-refractivity contribution in [1.82, 2.24) is 5.32 Å². The second-order valence-electron chi connectivity index (χ2n) is 11.6. The molecule has 0 atom stereocenters. The van der Waals surface area contributed by atoms with E-state index < -0.39 is 5.60 Å². The van der Waals surface area contributed by atoms with Gasteiger partial charge in [0.2, 0.25) is 0 Å². The first-order valence-corrected chi connectivity index (χ1v) is 14.3. The second kappa shape index (κ2) is 15.8. The fraction of sp³-hybridized carbons (Fsp3) is 0.455. The summed E-state index contributed by atoms with van der Waals surface area (Å²) in [4.78, 5) is 25.0. The second-order valence-corrected chi connectivity index (χ2v) is 11.6. The summed E-state index contributed by atoms with van der Waals surface area (Å²) in [6.07, 6.45) is 10.7. The third-order valence-electron chi connectivity index (χ3n) is 6.88. The molecule has 1 amide bonds. The lowest BCUT2D eigenvalue weighted by atomic mass is 9.97. The molecule has 3 rings (SSSR count). The first-order chi connectivity index (χ1) is 19.4. The van der Waals surface area contributed by atoms with Gasteiger partial charge < -0.3 is 46.1 Å². The number of ether oxygens (including phenoxy) is 3. The van der Waals surface area contributed by atoms with E-state index in [1.54, 1.807) is 18.2 Å². The standard InChI is InChI=1S/C33H44N2O6.BrH/c1-7-19-34-30(37)23-35(4,5)20-9-8-10-21-40-25-14-11-24(12-15-25)13-16-27(36)31-29(39-6)22-28-26(32(31)38)17-18-33(2,3)41-28;/h11-18,22H,7-10,19-21,23H2,1-6H3,(H-,34,36,37,38);1H/b16-13+;. The summed E-state index contributed by atoms with van der Waals surface area (Å²) in [5.41, 5.74) is 0.865. The summed E-state index contributed by atoms with van der Waals surface area (Å²) < 4.78 is 17.9. The van der Waals surface area contributed by atoms with Crippen LogP contribution in [0.2, 0.25) is 0 Å². The van der Waals surface area contributed by atoms with Gasteiger partial charge in [0.15, 0.2) is 12.3 Å². The molecular weight excluding hydrogens is 600 g/mol. The normalized spacial score (nSPS) is 13.6. The van der Waals surface area contributed by atoms with Crippen molar-refractivity contribution in [3.05, 3.63) is 59.2 Å². The minimum absolute atomic E-state index is 0. The summed E-state index contributed by atoms with van der Waals surface area (Å²) in [6.45, 7) is 8.66. The molecule has 2 aromatic rings. The van der Waals surface area contributed by atoms with Crippen LogP contribution in [-0.2, 0) is 4.79 Å². The lowest BCUT2D eigenvalue weighted by Crippen LogP contribution is -3.00. The smallest absolute Gasteiger partial charge is 0.275 e. The summed E-state index contributed by atoms with van der Waals surface area (Å²) in [7, 11) is 5.63. The number of phenolic OH excluding ortho intramolecular Hbond substituents is 1. The van der Waals surface area contributed by atoms with Gasteiger partial charge in [0.25, 0.3) is 5.91 Å². The van der Waals surface area contributed by atoms with Crippen molar-refractivity contribution < 1.29 is 50.4 Å². The summed E-state index contributed by atoms with van der Waals surface area (Å²) in [5.74, 6) is 1.06. The largest absolute Gasteiger partial charge is 1.00 e. The number of phenols is 1. The predicted molar refractivity (Wildman–Crippen MR) is 163 cm³/mol. The van der Waals surface area contributed by atoms with Gasteiger partial charge in [0, 0.05) is 12.6 Å². The Morgan fingerprint density at radius 2 is 1.83 bits per heavy atom. The number of nitrogens with zero attached hydrogens (tertiary/aromatic N) is 1. The number of hydrogen-bond donors (Lipinski definition) is 2. The number of allylic oxidation sites excluding steroid dienone is 1. The molecule has 2 N–H and O–H groups in total. The van der Waals surface area contributed by atoms with E-state index in [-0.39, 0.29) is 45.7 Å². The average molecular weight is 646 g/mol. The SMILES string of the molecule is CCCNC(=O)C[N+](C)(C)CCCCCOc1ccc(/C=C/C(=O)c2c(OC)cc3c(c2O)C=CC(C)(C)O3)cc1.[Br-]. The number of fused-ring (bicyclic) bond motifs is 1. The van der Waals surface area contributed by atoms with Crippen molar-refractivity contribution >= 4 is 23.8 Å². The van der Waals surface area contributed by atoms with Crippen molar-refractivity contribution in [2.24, 2.45) is 0 Å². The molecule has 0 unspecified atom stereocenters. The van der Waals surface area contributed by atoms with Crippen LogP contribution in [0.1, 0.15) is 67.9 Å². The molecule has 0 bridgehead atoms. The molecule has 0 radical (unpaired) electrons. The number of amides is 1. The quantitative estimate of drug-likeness (QED) is 0.134. The van der Waals surface area contributed by atoms with Crippen molar-refractivity contribution in [3.8, 4) is 23.0 Å². The first kappa shape index (κ1) is 34.9. The Morgan fingerprint density at radius 1 is 1.12 bits per heavy atom. The number of halogens is 1. The third-order valence-corrected chi connectivity index (χ3v) is 6.88. The topological polar surface area (TPSA) is 94.1 Å². The van der Waals surface area contributed by atoms with E-state index in [0.717, 1.165) is 50.1 Å². The van der Waals surface area contributed by atoms with E-state index in [4.69, 9.17) is 14.2 Å². The molecule has 1 aliphatic rings. The molecule has 0 saturated heterocycles. The van der Waals surface area contributed by atoms with Gasteiger partial charge in [-0.05, 0) is 75.5 Å². The maximum Gasteiger partial charge on any atom is 0.275 e. The van der Waals surface area contributed by atoms with Crippen molar-refractivity contribution in [3.63, 3.8) is 0 Å². The summed E-state index contributed by atoms with van der Waals surface area (Å²) >= 11 is 0. The van der Waals surface area contributed by atoms with Crippen LogP contribution in [0.25, 0.3) is 12.2 Å². The van der Waals surface area contributed by atoms with Gasteiger partial charge >= 0.3 is 0 Å². The maximum atomic E-state index is 13.0. The van der Waals surface area contributed by atoms with E-state index >= 15 is 0 Å². The van der Waals surface area contributed by atoms with E-state index in [0.29, 0.717) is 28.9 Å². The Kier molecular flexibility index (Phi) is 13.1. The molecule has 9 heteroatoms. The zero-order valence-electron chi connectivity index (χ0n) is 25.7. The Morgan fingerprint density at radius 3 is 2.50 bits per heavy atom. The fourth-order valence-electron chi connectivity index (χ4n) is 4.61. The fourth-order valence-corrected chi connectivity index (χ4v) is 4.61. The van der Waals surface area contributed by atoms with Gasteiger partial charge in [-0.3, -0.25) is 9.59 Å². The van der Waals surface area contributed by atoms with Gasteiger partial charge in [-0.25, -0.2) is 0 Å². The zero-order chi connectivity index (χ0) is 30.0. The lowest BCUT2D eigenvalue weighted by Gasteiger charge is -2.29. The number of quaternary nitrogens is 1. The summed E-state index contributed by atoms with van der Waals surface area (Å²) in [6, 6.07) is 9.15. The Hall–Kier alpha value is -3.30. The third kappa shape index (κ3) is 10.2. The number of benzene rings is 2. The van der Waals surface area contributed by atoms with Crippen LogP contribution in [0.3, 0.4) is 0 Å². The first-order valence-electron chi connectivity index (χ1n) is 14.3. The van der Waals surface area contributed by atoms with E-state index in [1.807, 2.05) is 51.1 Å². The lowest BCUT2D eigenvalue weighted by molar-refractivity contribution is -0.882. The monoisotopic (exact) mass is 644 g/mol. The molecule has 0 fully saturated rings. The van der Waals surface area contributed by atoms with Crippen molar-refractivity contribution in [1.29, 1.82) is 0 Å². The Labute approximate surface area is 260 Å². The summed E-state index contributed by atoms with van der Waals surface area (Å²) in [5, 5.41) is 13.8. The van der Waals surface area contributed by atoms with E-state index in [2.05, 4.69) is 19.4 Å². The molecular formula is C33H45BrN2O6. The Bertz CT molecular complexity index is 1270. The van der Waals surface area contributed by atoms with Crippen LogP contribution in [0.5, 0.6) is 23.0 Å². The minimum atomic E-state index is -0.518. The maximum absolute atomic E-state index is 13.0. The number of rotatable bonds is 15. The van der Waals surface area contributed by atoms with Crippen LogP contribution in [0, 0.1) is 0 Å². The molecule has 230 valence electrons. The highest BCUT2D eigenvalue weighted by Gasteiger charge is 2.28. The van der Waals surface area contributed by atoms with Crippen LogP contribution >= 0.6 is 0 Å². The highest BCUT2D eigenvalue weighted by atomic mass is 79.9. The highest BCUT2D eigenvalue weighted by molar-refractivity contribution is 6.11. The predicted octanol–water partition coefficient (Wildman–Crippen LogP) is 2.64. The molecule has 1 aliphatic heterocycles. The number of hydrogen-bond acceptors (Lipinski definition) is 6. The molecule has 0 saturated carbocycles. The van der Waals surface area contributed by atoms with Crippen molar-refractivity contribution in [2.75, 3.05) is 47.4 Å². The van der Waals surface area contributed by atoms with Crippen LogP contribution in [0.15, 0.2) is 42.5 Å². The number of carbonyl (C=O) groups excluding carboxylic acids is 2. The van der Waals surface area contributed by atoms with Crippen LogP contribution in [-0.4, -0.2) is 74.3 Å². The van der Waals surface area contributed by atoms with Gasteiger partial charge in [0.05, 0.1) is 39.9 Å². The molecule has 0 aliphatic carbocycles. The van der Waals surface area contributed by atoms with Gasteiger partial charge in [-0.15, -0.1) is 0 Å².